The summed E-state index contributed by atoms with van der Waals surface area (Å²) in [5, 5.41) is 2.79. The van der Waals surface area contributed by atoms with Gasteiger partial charge in [-0.2, -0.15) is 8.78 Å². The molecule has 0 saturated heterocycles. The molecule has 0 bridgehead atoms. The molecule has 1 fully saturated rings. The smallest absolute Gasteiger partial charge is 0.387 e. The molecule has 6 heteroatoms. The molecule has 0 aromatic heterocycles. The minimum absolute atomic E-state index is 0.0712. The van der Waals surface area contributed by atoms with Gasteiger partial charge in [0, 0.05) is 12.5 Å². The maximum absolute atomic E-state index is 13.7. The summed E-state index contributed by atoms with van der Waals surface area (Å²) in [6.45, 7) is -2.57. The maximum Gasteiger partial charge on any atom is 0.387 e. The van der Waals surface area contributed by atoms with E-state index in [4.69, 9.17) is 0 Å². The van der Waals surface area contributed by atoms with Gasteiger partial charge in [0.15, 0.2) is 0 Å². The van der Waals surface area contributed by atoms with Gasteiger partial charge in [-0.15, -0.1) is 0 Å². The van der Waals surface area contributed by atoms with E-state index >= 15 is 0 Å². The van der Waals surface area contributed by atoms with E-state index < -0.39 is 6.61 Å². The number of benzene rings is 2. The Kier molecular flexibility index (Phi) is 4.74. The van der Waals surface area contributed by atoms with Crippen molar-refractivity contribution in [2.75, 3.05) is 0 Å². The van der Waals surface area contributed by atoms with Gasteiger partial charge in [-0.1, -0.05) is 30.3 Å². The molecule has 1 N–H and O–H groups in total. The standard InChI is InChI=1S/C18H16F3NO2/c19-16-4-2-1-3-13(16)14-9-15(14)17(23)22-10-11-5-7-12(8-6-11)24-18(20)21/h1-8,14-15,18H,9-10H2,(H,22,23). The monoisotopic (exact) mass is 335 g/mol. The van der Waals surface area contributed by atoms with Crippen LogP contribution in [-0.4, -0.2) is 12.5 Å². The van der Waals surface area contributed by atoms with E-state index in [1.807, 2.05) is 0 Å². The lowest BCUT2D eigenvalue weighted by Crippen LogP contribution is -2.24. The number of alkyl halides is 2. The Labute approximate surface area is 137 Å². The quantitative estimate of drug-likeness (QED) is 0.871. The fraction of sp³-hybridized carbons (Fsp3) is 0.278. The minimum atomic E-state index is -2.86. The van der Waals surface area contributed by atoms with E-state index in [0.717, 1.165) is 5.56 Å². The Hall–Kier alpha value is -2.50. The summed E-state index contributed by atoms with van der Waals surface area (Å²) in [5.41, 5.74) is 1.35. The largest absolute Gasteiger partial charge is 0.435 e. The number of hydrogen-bond acceptors (Lipinski definition) is 2. The zero-order chi connectivity index (χ0) is 17.1. The number of carbonyl (C=O) groups excluding carboxylic acids is 1. The van der Waals surface area contributed by atoms with Crippen molar-refractivity contribution >= 4 is 5.91 Å². The number of rotatable bonds is 6. The first kappa shape index (κ1) is 16.4. The predicted molar refractivity (Wildman–Crippen MR) is 82.2 cm³/mol. The molecular formula is C18H16F3NO2. The van der Waals surface area contributed by atoms with Gasteiger partial charge >= 0.3 is 6.61 Å². The Morgan fingerprint density at radius 3 is 2.54 bits per heavy atom. The van der Waals surface area contributed by atoms with Crippen molar-refractivity contribution in [1.82, 2.24) is 5.32 Å². The van der Waals surface area contributed by atoms with E-state index in [1.54, 1.807) is 30.3 Å². The zero-order valence-corrected chi connectivity index (χ0v) is 12.7. The summed E-state index contributed by atoms with van der Waals surface area (Å²) in [6, 6.07) is 12.5. The SMILES string of the molecule is O=C(NCc1ccc(OC(F)F)cc1)C1CC1c1ccccc1F. The number of halogens is 3. The Bertz CT molecular complexity index is 718. The molecule has 0 spiro atoms. The Morgan fingerprint density at radius 2 is 1.88 bits per heavy atom. The van der Waals surface area contributed by atoms with Gasteiger partial charge < -0.3 is 10.1 Å². The normalized spacial score (nSPS) is 19.2. The number of hydrogen-bond donors (Lipinski definition) is 1. The molecule has 2 atom stereocenters. The van der Waals surface area contributed by atoms with E-state index in [2.05, 4.69) is 10.1 Å². The summed E-state index contributed by atoms with van der Waals surface area (Å²) in [7, 11) is 0. The third-order valence-electron chi connectivity index (χ3n) is 4.05. The van der Waals surface area contributed by atoms with Crippen molar-refractivity contribution in [2.24, 2.45) is 5.92 Å². The van der Waals surface area contributed by atoms with Crippen LogP contribution in [0.25, 0.3) is 0 Å². The van der Waals surface area contributed by atoms with Crippen LogP contribution in [0.5, 0.6) is 5.75 Å². The summed E-state index contributed by atoms with van der Waals surface area (Å²) in [5.74, 6) is -0.637. The second kappa shape index (κ2) is 6.95. The summed E-state index contributed by atoms with van der Waals surface area (Å²) >= 11 is 0. The van der Waals surface area contributed by atoms with Crippen LogP contribution in [0.4, 0.5) is 13.2 Å². The number of amides is 1. The highest BCUT2D eigenvalue weighted by Crippen LogP contribution is 2.48. The Balaban J connectivity index is 1.51. The summed E-state index contributed by atoms with van der Waals surface area (Å²) < 4.78 is 42.1. The molecule has 1 aliphatic rings. The molecule has 0 radical (unpaired) electrons. The fourth-order valence-electron chi connectivity index (χ4n) is 2.71. The third-order valence-corrected chi connectivity index (χ3v) is 4.05. The third kappa shape index (κ3) is 3.88. The maximum atomic E-state index is 13.7. The lowest BCUT2D eigenvalue weighted by Gasteiger charge is -2.07. The van der Waals surface area contributed by atoms with Crippen LogP contribution in [0, 0.1) is 11.7 Å². The number of ether oxygens (including phenoxy) is 1. The van der Waals surface area contributed by atoms with E-state index in [9.17, 15) is 18.0 Å². The highest BCUT2D eigenvalue weighted by molar-refractivity contribution is 5.82. The van der Waals surface area contributed by atoms with Gasteiger partial charge in [-0.25, -0.2) is 4.39 Å². The molecule has 2 aromatic rings. The summed E-state index contributed by atoms with van der Waals surface area (Å²) in [4.78, 5) is 12.1. The average Bonchev–Trinajstić information content (AvgIpc) is 3.34. The lowest BCUT2D eigenvalue weighted by atomic mass is 10.1. The van der Waals surface area contributed by atoms with Gasteiger partial charge in [0.2, 0.25) is 5.91 Å². The topological polar surface area (TPSA) is 38.3 Å². The first-order valence-electron chi connectivity index (χ1n) is 7.60. The van der Waals surface area contributed by atoms with E-state index in [-0.39, 0.29) is 35.9 Å². The van der Waals surface area contributed by atoms with E-state index in [0.29, 0.717) is 12.0 Å². The fourth-order valence-corrected chi connectivity index (χ4v) is 2.71. The van der Waals surface area contributed by atoms with Crippen LogP contribution in [0.2, 0.25) is 0 Å². The molecule has 2 unspecified atom stereocenters. The first-order valence-corrected chi connectivity index (χ1v) is 7.60. The van der Waals surface area contributed by atoms with Crippen LogP contribution < -0.4 is 10.1 Å². The van der Waals surface area contributed by atoms with Gasteiger partial charge in [0.05, 0.1) is 0 Å². The second-order valence-corrected chi connectivity index (χ2v) is 5.71. The predicted octanol–water partition coefficient (Wildman–Crippen LogP) is 3.85. The minimum Gasteiger partial charge on any atom is -0.435 e. The van der Waals surface area contributed by atoms with Crippen LogP contribution in [0.1, 0.15) is 23.5 Å². The van der Waals surface area contributed by atoms with Crippen molar-refractivity contribution < 1.29 is 22.7 Å². The average molecular weight is 335 g/mol. The molecule has 24 heavy (non-hydrogen) atoms. The van der Waals surface area contributed by atoms with Gasteiger partial charge in [-0.05, 0) is 41.7 Å². The molecule has 126 valence electrons. The molecule has 2 aromatic carbocycles. The molecular weight excluding hydrogens is 319 g/mol. The van der Waals surface area contributed by atoms with Crippen molar-refractivity contribution in [2.45, 2.75) is 25.5 Å². The molecule has 0 aliphatic heterocycles. The Morgan fingerprint density at radius 1 is 1.17 bits per heavy atom. The molecule has 1 saturated carbocycles. The van der Waals surface area contributed by atoms with E-state index in [1.165, 1.54) is 18.2 Å². The van der Waals surface area contributed by atoms with Crippen LogP contribution in [0.3, 0.4) is 0 Å². The van der Waals surface area contributed by atoms with Crippen molar-refractivity contribution in [3.05, 3.63) is 65.5 Å². The first-order chi connectivity index (χ1) is 11.5. The van der Waals surface area contributed by atoms with Gasteiger partial charge in [-0.3, -0.25) is 4.79 Å². The van der Waals surface area contributed by atoms with Crippen molar-refractivity contribution in [3.8, 4) is 5.75 Å². The zero-order valence-electron chi connectivity index (χ0n) is 12.7. The second-order valence-electron chi connectivity index (χ2n) is 5.71. The highest BCUT2D eigenvalue weighted by Gasteiger charge is 2.44. The highest BCUT2D eigenvalue weighted by atomic mass is 19.3. The van der Waals surface area contributed by atoms with Crippen LogP contribution in [0.15, 0.2) is 48.5 Å². The number of nitrogens with one attached hydrogen (secondary N) is 1. The molecule has 1 aliphatic carbocycles. The molecule has 0 heterocycles. The summed E-state index contributed by atoms with van der Waals surface area (Å²) in [6.07, 6.45) is 0.633. The number of carbonyl (C=O) groups is 1. The van der Waals surface area contributed by atoms with Crippen molar-refractivity contribution in [1.29, 1.82) is 0 Å². The molecule has 3 nitrogen and oxygen atoms in total. The molecule has 1 amide bonds. The van der Waals surface area contributed by atoms with Gasteiger partial charge in [0.1, 0.15) is 11.6 Å². The van der Waals surface area contributed by atoms with Crippen molar-refractivity contribution in [3.63, 3.8) is 0 Å². The van der Waals surface area contributed by atoms with Crippen LogP contribution in [-0.2, 0) is 11.3 Å². The lowest BCUT2D eigenvalue weighted by molar-refractivity contribution is -0.122. The molecule has 3 rings (SSSR count). The van der Waals surface area contributed by atoms with Gasteiger partial charge in [0.25, 0.3) is 0 Å². The van der Waals surface area contributed by atoms with Crippen LogP contribution >= 0.6 is 0 Å².